The Hall–Kier alpha value is -1.09. The van der Waals surface area contributed by atoms with E-state index >= 15 is 0 Å². The number of rotatable bonds is 2. The zero-order valence-corrected chi connectivity index (χ0v) is 7.41. The summed E-state index contributed by atoms with van der Waals surface area (Å²) in [5.74, 6) is 0.838. The average Bonchev–Trinajstić information content (AvgIpc) is 2.05. The number of anilines is 1. The predicted octanol–water partition coefficient (Wildman–Crippen LogP) is 1.28. The van der Waals surface area contributed by atoms with E-state index in [1.807, 2.05) is 6.07 Å². The van der Waals surface area contributed by atoms with E-state index in [0.29, 0.717) is 17.3 Å². The molecule has 66 valence electrons. The summed E-state index contributed by atoms with van der Waals surface area (Å²) in [6.45, 7) is 4.11. The third-order valence-corrected chi connectivity index (χ3v) is 1.86. The molecule has 0 spiro atoms. The molecule has 1 rings (SSSR count). The van der Waals surface area contributed by atoms with Gasteiger partial charge in [0.05, 0.1) is 6.61 Å². The van der Waals surface area contributed by atoms with Crippen LogP contribution in [0.25, 0.3) is 0 Å². The summed E-state index contributed by atoms with van der Waals surface area (Å²) in [6, 6.07) is 1.90. The van der Waals surface area contributed by atoms with E-state index < -0.39 is 0 Å². The van der Waals surface area contributed by atoms with Crippen LogP contribution in [0.15, 0.2) is 12.3 Å². The van der Waals surface area contributed by atoms with E-state index in [1.165, 1.54) is 0 Å². The topological polar surface area (TPSA) is 59.1 Å². The van der Waals surface area contributed by atoms with Crippen molar-refractivity contribution in [2.24, 2.45) is 0 Å². The average molecular weight is 166 g/mol. The highest BCUT2D eigenvalue weighted by molar-refractivity contribution is 5.40. The van der Waals surface area contributed by atoms with Crippen LogP contribution in [0, 0.1) is 0 Å². The van der Waals surface area contributed by atoms with Crippen LogP contribution in [0.1, 0.15) is 30.9 Å². The Morgan fingerprint density at radius 3 is 2.75 bits per heavy atom. The molecule has 0 aromatic carbocycles. The van der Waals surface area contributed by atoms with Crippen molar-refractivity contribution in [3.05, 3.63) is 23.4 Å². The Labute approximate surface area is 72.2 Å². The van der Waals surface area contributed by atoms with E-state index in [9.17, 15) is 0 Å². The van der Waals surface area contributed by atoms with Crippen molar-refractivity contribution in [3.63, 3.8) is 0 Å². The molecule has 0 unspecified atom stereocenters. The van der Waals surface area contributed by atoms with Crippen LogP contribution in [0.3, 0.4) is 0 Å². The summed E-state index contributed by atoms with van der Waals surface area (Å²) in [7, 11) is 0. The lowest BCUT2D eigenvalue weighted by Crippen LogP contribution is -2.00. The van der Waals surface area contributed by atoms with Gasteiger partial charge >= 0.3 is 0 Å². The first-order valence-corrected chi connectivity index (χ1v) is 4.00. The van der Waals surface area contributed by atoms with Crippen LogP contribution in [-0.2, 0) is 6.61 Å². The molecule has 0 bridgehead atoms. The highest BCUT2D eigenvalue weighted by Gasteiger charge is 2.03. The van der Waals surface area contributed by atoms with Crippen molar-refractivity contribution in [1.82, 2.24) is 4.98 Å². The molecule has 0 radical (unpaired) electrons. The molecule has 0 saturated carbocycles. The van der Waals surface area contributed by atoms with E-state index in [0.717, 1.165) is 5.56 Å². The molecule has 0 saturated heterocycles. The van der Waals surface area contributed by atoms with Gasteiger partial charge in [-0.05, 0) is 17.5 Å². The number of nitrogens with zero attached hydrogens (tertiary/aromatic N) is 1. The quantitative estimate of drug-likeness (QED) is 0.695. The van der Waals surface area contributed by atoms with Gasteiger partial charge in [0.2, 0.25) is 0 Å². The SMILES string of the molecule is CC(C)c1cnc(N)c(CO)c1. The fraction of sp³-hybridized carbons (Fsp3) is 0.444. The summed E-state index contributed by atoms with van der Waals surface area (Å²) in [6.07, 6.45) is 1.75. The minimum atomic E-state index is -0.0423. The molecule has 0 fully saturated rings. The van der Waals surface area contributed by atoms with Crippen LogP contribution in [0.5, 0.6) is 0 Å². The van der Waals surface area contributed by atoms with Crippen LogP contribution < -0.4 is 5.73 Å². The van der Waals surface area contributed by atoms with Gasteiger partial charge in [0.1, 0.15) is 5.82 Å². The Morgan fingerprint density at radius 2 is 2.25 bits per heavy atom. The number of aromatic nitrogens is 1. The maximum Gasteiger partial charge on any atom is 0.128 e. The molecule has 0 amide bonds. The fourth-order valence-electron chi connectivity index (χ4n) is 0.982. The Morgan fingerprint density at radius 1 is 1.58 bits per heavy atom. The van der Waals surface area contributed by atoms with Crippen molar-refractivity contribution in [2.75, 3.05) is 5.73 Å². The van der Waals surface area contributed by atoms with Crippen LogP contribution in [0.4, 0.5) is 5.82 Å². The van der Waals surface area contributed by atoms with Crippen LogP contribution in [0.2, 0.25) is 0 Å². The maximum absolute atomic E-state index is 8.90. The van der Waals surface area contributed by atoms with Gasteiger partial charge in [-0.25, -0.2) is 4.98 Å². The van der Waals surface area contributed by atoms with Gasteiger partial charge in [0, 0.05) is 11.8 Å². The first-order chi connectivity index (χ1) is 5.65. The van der Waals surface area contributed by atoms with Crippen molar-refractivity contribution in [1.29, 1.82) is 0 Å². The second-order valence-electron chi connectivity index (χ2n) is 3.13. The monoisotopic (exact) mass is 166 g/mol. The van der Waals surface area contributed by atoms with E-state index in [2.05, 4.69) is 18.8 Å². The molecule has 3 heteroatoms. The standard InChI is InChI=1S/C9H14N2O/c1-6(2)7-3-8(5-12)9(10)11-4-7/h3-4,6,12H,5H2,1-2H3,(H2,10,11). The smallest absolute Gasteiger partial charge is 0.128 e. The minimum absolute atomic E-state index is 0.0423. The number of aliphatic hydroxyl groups is 1. The largest absolute Gasteiger partial charge is 0.392 e. The van der Waals surface area contributed by atoms with E-state index in [4.69, 9.17) is 10.8 Å². The molecule has 0 atom stereocenters. The maximum atomic E-state index is 8.90. The molecular formula is C9H14N2O. The highest BCUT2D eigenvalue weighted by atomic mass is 16.3. The van der Waals surface area contributed by atoms with E-state index in [1.54, 1.807) is 6.20 Å². The molecule has 1 aromatic heterocycles. The van der Waals surface area contributed by atoms with Gasteiger partial charge in [-0.2, -0.15) is 0 Å². The second kappa shape index (κ2) is 3.54. The lowest BCUT2D eigenvalue weighted by Gasteiger charge is -2.07. The van der Waals surface area contributed by atoms with Gasteiger partial charge in [0.15, 0.2) is 0 Å². The third-order valence-electron chi connectivity index (χ3n) is 1.86. The van der Waals surface area contributed by atoms with E-state index in [-0.39, 0.29) is 6.61 Å². The number of pyridine rings is 1. The first kappa shape index (κ1) is 9.00. The van der Waals surface area contributed by atoms with Gasteiger partial charge in [-0.3, -0.25) is 0 Å². The Bertz CT molecular complexity index is 271. The zero-order chi connectivity index (χ0) is 9.14. The second-order valence-corrected chi connectivity index (χ2v) is 3.13. The number of hydrogen-bond acceptors (Lipinski definition) is 3. The predicted molar refractivity (Wildman–Crippen MR) is 48.7 cm³/mol. The molecule has 0 aliphatic carbocycles. The van der Waals surface area contributed by atoms with Gasteiger partial charge < -0.3 is 10.8 Å². The van der Waals surface area contributed by atoms with Gasteiger partial charge in [0.25, 0.3) is 0 Å². The molecule has 0 aliphatic heterocycles. The summed E-state index contributed by atoms with van der Waals surface area (Å²) in [5.41, 5.74) is 7.34. The summed E-state index contributed by atoms with van der Waals surface area (Å²) < 4.78 is 0. The Kier molecular flexibility index (Phi) is 2.65. The highest BCUT2D eigenvalue weighted by Crippen LogP contribution is 2.17. The minimum Gasteiger partial charge on any atom is -0.392 e. The first-order valence-electron chi connectivity index (χ1n) is 4.00. The molecule has 3 nitrogen and oxygen atoms in total. The van der Waals surface area contributed by atoms with Crippen molar-refractivity contribution >= 4 is 5.82 Å². The van der Waals surface area contributed by atoms with Crippen LogP contribution in [-0.4, -0.2) is 10.1 Å². The number of nitrogens with two attached hydrogens (primary N) is 1. The Balaban J connectivity index is 3.05. The summed E-state index contributed by atoms with van der Waals surface area (Å²) >= 11 is 0. The molecular weight excluding hydrogens is 152 g/mol. The number of aliphatic hydroxyl groups excluding tert-OH is 1. The lowest BCUT2D eigenvalue weighted by molar-refractivity contribution is 0.282. The zero-order valence-electron chi connectivity index (χ0n) is 7.41. The van der Waals surface area contributed by atoms with Crippen LogP contribution >= 0.6 is 0 Å². The third kappa shape index (κ3) is 1.74. The summed E-state index contributed by atoms with van der Waals surface area (Å²) in [4.78, 5) is 3.99. The van der Waals surface area contributed by atoms with Gasteiger partial charge in [-0.15, -0.1) is 0 Å². The number of nitrogen functional groups attached to an aromatic ring is 1. The normalized spacial score (nSPS) is 10.7. The summed E-state index contributed by atoms with van der Waals surface area (Å²) in [5, 5.41) is 8.90. The van der Waals surface area contributed by atoms with Gasteiger partial charge in [-0.1, -0.05) is 13.8 Å². The molecule has 1 heterocycles. The van der Waals surface area contributed by atoms with Crippen molar-refractivity contribution in [3.8, 4) is 0 Å². The fourth-order valence-corrected chi connectivity index (χ4v) is 0.982. The van der Waals surface area contributed by atoms with Crippen molar-refractivity contribution in [2.45, 2.75) is 26.4 Å². The lowest BCUT2D eigenvalue weighted by atomic mass is 10.0. The molecule has 0 aliphatic rings. The molecule has 1 aromatic rings. The molecule has 12 heavy (non-hydrogen) atoms. The molecule has 3 N–H and O–H groups in total. The number of hydrogen-bond donors (Lipinski definition) is 2. The van der Waals surface area contributed by atoms with Crippen molar-refractivity contribution < 1.29 is 5.11 Å².